The molecule has 5 aliphatic carbocycles. The summed E-state index contributed by atoms with van der Waals surface area (Å²) in [6.45, 7) is 30.2. The summed E-state index contributed by atoms with van der Waals surface area (Å²) in [7, 11) is 2.24. The third-order valence-corrected chi connectivity index (χ3v) is 18.2. The summed E-state index contributed by atoms with van der Waals surface area (Å²) in [6.07, 6.45) is 14.8. The van der Waals surface area contributed by atoms with Gasteiger partial charge in [0.2, 0.25) is 0 Å². The topological polar surface area (TPSA) is 66.8 Å². The molecule has 5 nitrogen and oxygen atoms in total. The minimum Gasteiger partial charge on any atom is -0.495 e. The molecule has 10 atom stereocenters. The Labute approximate surface area is 340 Å². The van der Waals surface area contributed by atoms with E-state index in [4.69, 9.17) is 4.74 Å². The van der Waals surface area contributed by atoms with Crippen molar-refractivity contribution in [2.45, 2.75) is 165 Å². The number of likely N-dealkylation sites (N-methyl/N-ethyl adjacent to an activating group) is 1. The third kappa shape index (κ3) is 6.11. The zero-order chi connectivity index (χ0) is 41.0. The van der Waals surface area contributed by atoms with Crippen LogP contribution in [0.5, 0.6) is 0 Å². The van der Waals surface area contributed by atoms with Gasteiger partial charge in [0.25, 0.3) is 0 Å². The van der Waals surface area contributed by atoms with Crippen molar-refractivity contribution < 1.29 is 19.4 Å². The zero-order valence-electron chi connectivity index (χ0n) is 37.2. The van der Waals surface area contributed by atoms with Crippen molar-refractivity contribution >= 4 is 11.8 Å². The first-order valence-electron chi connectivity index (χ1n) is 22.4. The van der Waals surface area contributed by atoms with Crippen molar-refractivity contribution in [3.8, 4) is 0 Å². The molecule has 2 unspecified atom stereocenters. The fraction of sp³-hybridized carbons (Fsp3) is 0.725. The van der Waals surface area contributed by atoms with Gasteiger partial charge >= 0.3 is 5.97 Å². The van der Waals surface area contributed by atoms with E-state index in [0.29, 0.717) is 47.6 Å². The lowest BCUT2D eigenvalue weighted by atomic mass is 9.33. The number of hydrogen-bond donors (Lipinski definition) is 1. The zero-order valence-corrected chi connectivity index (χ0v) is 37.2. The van der Waals surface area contributed by atoms with Crippen LogP contribution in [0, 0.1) is 69.0 Å². The Morgan fingerprint density at radius 1 is 0.964 bits per heavy atom. The van der Waals surface area contributed by atoms with E-state index in [1.165, 1.54) is 48.9 Å². The van der Waals surface area contributed by atoms with Gasteiger partial charge in [-0.1, -0.05) is 103 Å². The van der Waals surface area contributed by atoms with E-state index in [-0.39, 0.29) is 39.2 Å². The molecular weight excluding hydrogens is 691 g/mol. The lowest BCUT2D eigenvalue weighted by Crippen LogP contribution is -2.65. The maximum Gasteiger partial charge on any atom is 0.309 e. The number of fused-ring (bicyclic) bond motifs is 7. The number of benzene rings is 1. The number of ether oxygens (including phenoxy) is 1. The predicted octanol–water partition coefficient (Wildman–Crippen LogP) is 12.1. The molecule has 5 heteroatoms. The number of nitrogens with zero attached hydrogens (tertiary/aromatic N) is 1. The minimum absolute atomic E-state index is 0.0413. The Kier molecular flexibility index (Phi) is 10.3. The smallest absolute Gasteiger partial charge is 0.309 e. The Hall–Kier alpha value is -2.82. The van der Waals surface area contributed by atoms with Gasteiger partial charge < -0.3 is 14.7 Å². The average molecular weight is 766 g/mol. The molecule has 1 aromatic rings. The van der Waals surface area contributed by atoms with Crippen LogP contribution in [0.2, 0.25) is 0 Å². The van der Waals surface area contributed by atoms with E-state index in [9.17, 15) is 14.7 Å². The molecule has 1 aliphatic heterocycles. The Morgan fingerprint density at radius 3 is 2.29 bits per heavy atom. The summed E-state index contributed by atoms with van der Waals surface area (Å²) in [4.78, 5) is 28.3. The lowest BCUT2D eigenvalue weighted by Gasteiger charge is -2.72. The van der Waals surface area contributed by atoms with Gasteiger partial charge in [0.15, 0.2) is 5.78 Å². The van der Waals surface area contributed by atoms with Crippen molar-refractivity contribution in [3.63, 3.8) is 0 Å². The molecule has 56 heavy (non-hydrogen) atoms. The van der Waals surface area contributed by atoms with Crippen LogP contribution in [0.3, 0.4) is 0 Å². The number of carbonyl (C=O) groups excluding carboxylic acids is 1. The van der Waals surface area contributed by atoms with Gasteiger partial charge in [-0.15, -0.1) is 0 Å². The molecule has 0 spiro atoms. The summed E-state index contributed by atoms with van der Waals surface area (Å²) >= 11 is 0. The van der Waals surface area contributed by atoms with E-state index in [1.807, 2.05) is 0 Å². The van der Waals surface area contributed by atoms with Crippen molar-refractivity contribution in [2.75, 3.05) is 7.05 Å². The Balaban J connectivity index is 1.17. The van der Waals surface area contributed by atoms with Crippen LogP contribution in [0.1, 0.15) is 151 Å². The molecule has 308 valence electrons. The summed E-state index contributed by atoms with van der Waals surface area (Å²) in [5, 5.41) is 9.78. The summed E-state index contributed by atoms with van der Waals surface area (Å²) in [6, 6.07) is 8.75. The maximum atomic E-state index is 14.0. The van der Waals surface area contributed by atoms with Crippen LogP contribution in [0.25, 0.3) is 0 Å². The number of aryl methyl sites for hydroxylation is 2. The van der Waals surface area contributed by atoms with Crippen molar-refractivity contribution in [3.05, 3.63) is 70.6 Å². The van der Waals surface area contributed by atoms with Crippen LogP contribution >= 0.6 is 0 Å². The van der Waals surface area contributed by atoms with Crippen molar-refractivity contribution in [2.24, 2.45) is 62.1 Å². The summed E-state index contributed by atoms with van der Waals surface area (Å²) < 4.78 is 6.67. The van der Waals surface area contributed by atoms with E-state index < -0.39 is 11.4 Å². The summed E-state index contributed by atoms with van der Waals surface area (Å²) in [5.41, 5.74) is 7.01. The predicted molar refractivity (Wildman–Crippen MR) is 228 cm³/mol. The monoisotopic (exact) mass is 766 g/mol. The molecule has 1 aromatic carbocycles. The molecule has 0 aromatic heterocycles. The van der Waals surface area contributed by atoms with E-state index in [0.717, 1.165) is 38.5 Å². The number of carbonyl (C=O) groups is 2. The fourth-order valence-electron chi connectivity index (χ4n) is 15.2. The second-order valence-electron chi connectivity index (χ2n) is 22.3. The number of carboxylic acids is 1. The van der Waals surface area contributed by atoms with Crippen molar-refractivity contribution in [1.29, 1.82) is 0 Å². The second-order valence-corrected chi connectivity index (χ2v) is 22.3. The molecule has 0 bridgehead atoms. The van der Waals surface area contributed by atoms with Gasteiger partial charge in [0.05, 0.1) is 17.2 Å². The van der Waals surface area contributed by atoms with Crippen LogP contribution in [0.4, 0.5) is 0 Å². The normalized spacial score (nSPS) is 39.1. The number of ketones is 1. The number of allylic oxidation sites excluding steroid dienone is 3. The molecule has 6 aliphatic rings. The SMILES string of the molecule is C=C(CC(C)(C)C(=O)O)O[C@H]1CC[C@]2(C)[C@H]3CC[C@@H]4C5=C(C(C)C)C(C)C[C@]5(C5=CC(=O)C(CCc6ccc(C)cc6)N5C)CC[C@@]4(C)[C@]3(C)CC[C@H]2C1(C)C. The van der Waals surface area contributed by atoms with Gasteiger partial charge in [0, 0.05) is 36.1 Å². The van der Waals surface area contributed by atoms with E-state index in [2.05, 4.69) is 111 Å². The first-order chi connectivity index (χ1) is 26.0. The van der Waals surface area contributed by atoms with Gasteiger partial charge in [-0.25, -0.2) is 0 Å². The van der Waals surface area contributed by atoms with E-state index in [1.54, 1.807) is 25.0 Å². The molecule has 0 saturated heterocycles. The standard InChI is InChI=1S/C51H75NO4/c1-31(2)43-33(4)29-51(41-28-38(53)37(52(41)13)20-18-35-16-14-32(3)15-17-35)27-26-49(11)36(44(43)51)19-21-40-48(10)24-23-42(56-34(5)30-46(6,7)45(54)55)47(8,9)39(48)22-25-50(40,49)12/h14-17,28,31,33,36-37,39-40,42H,5,18-27,29-30H2,1-4,6-13H3,(H,54,55)/t33?,36-,37?,39+,40-,42+,48+,49-,50-,51+/m1/s1. The highest BCUT2D eigenvalue weighted by atomic mass is 16.5. The molecular formula is C51H75NO4. The van der Waals surface area contributed by atoms with Crippen LogP contribution in [-0.2, 0) is 20.7 Å². The molecule has 1 heterocycles. The second kappa shape index (κ2) is 13.9. The Morgan fingerprint density at radius 2 is 1.64 bits per heavy atom. The largest absolute Gasteiger partial charge is 0.495 e. The number of hydrogen-bond acceptors (Lipinski definition) is 4. The molecule has 4 saturated carbocycles. The number of carboxylic acid groups (broad SMARTS) is 1. The molecule has 7 rings (SSSR count). The van der Waals surface area contributed by atoms with Crippen LogP contribution < -0.4 is 0 Å². The van der Waals surface area contributed by atoms with E-state index >= 15 is 0 Å². The highest BCUT2D eigenvalue weighted by Gasteiger charge is 2.70. The van der Waals surface area contributed by atoms with Crippen LogP contribution in [-0.4, -0.2) is 41.0 Å². The number of aliphatic carboxylic acids is 1. The number of rotatable bonds is 10. The average Bonchev–Trinajstić information content (AvgIpc) is 3.57. The van der Waals surface area contributed by atoms with Gasteiger partial charge in [-0.2, -0.15) is 0 Å². The molecule has 1 N–H and O–H groups in total. The van der Waals surface area contributed by atoms with Gasteiger partial charge in [-0.05, 0) is 143 Å². The molecule has 4 fully saturated rings. The highest BCUT2D eigenvalue weighted by molar-refractivity contribution is 5.97. The molecule has 0 radical (unpaired) electrons. The lowest BCUT2D eigenvalue weighted by molar-refractivity contribution is -0.230. The first-order valence-corrected chi connectivity index (χ1v) is 22.4. The maximum absolute atomic E-state index is 14.0. The van der Waals surface area contributed by atoms with Crippen molar-refractivity contribution in [1.82, 2.24) is 4.90 Å². The summed E-state index contributed by atoms with van der Waals surface area (Å²) in [5.74, 6) is 2.83. The van der Waals surface area contributed by atoms with Crippen LogP contribution in [0.15, 0.2) is 59.5 Å². The third-order valence-electron chi connectivity index (χ3n) is 18.2. The quantitative estimate of drug-likeness (QED) is 0.190. The fourth-order valence-corrected chi connectivity index (χ4v) is 15.2. The Bertz CT molecular complexity index is 1810. The molecule has 0 amide bonds. The highest BCUT2D eigenvalue weighted by Crippen LogP contribution is 2.78. The minimum atomic E-state index is -0.895. The first kappa shape index (κ1) is 41.3. The van der Waals surface area contributed by atoms with Gasteiger partial charge in [-0.3, -0.25) is 9.59 Å². The van der Waals surface area contributed by atoms with Gasteiger partial charge in [0.1, 0.15) is 6.10 Å².